The first-order chi connectivity index (χ1) is 50.0. The molecule has 0 aliphatic carbocycles. The minimum absolute atomic E-state index is 0.0177. The van der Waals surface area contributed by atoms with Crippen LogP contribution in [0, 0.1) is 23.3 Å². The van der Waals surface area contributed by atoms with Crippen molar-refractivity contribution in [2.24, 2.45) is 0 Å². The van der Waals surface area contributed by atoms with Crippen molar-refractivity contribution in [3.63, 3.8) is 0 Å². The first kappa shape index (κ1) is 70.3. The molecule has 2 atom stereocenters. The number of epoxide rings is 1. The highest BCUT2D eigenvalue weighted by atomic mass is 32.2. The molecule has 1 aliphatic rings. The van der Waals surface area contributed by atoms with E-state index in [9.17, 15) is 49.1 Å². The van der Waals surface area contributed by atoms with Crippen LogP contribution in [0.25, 0.3) is 112 Å². The third-order valence-corrected chi connectivity index (χ3v) is 19.1. The van der Waals surface area contributed by atoms with Gasteiger partial charge >= 0.3 is 0 Å². The second-order valence-electron chi connectivity index (χ2n) is 23.8. The fourth-order valence-corrected chi connectivity index (χ4v) is 13.8. The van der Waals surface area contributed by atoms with Crippen LogP contribution in [0.5, 0.6) is 11.5 Å². The molecule has 30 heteroatoms. The molecule has 0 spiro atoms. The second kappa shape index (κ2) is 29.1. The zero-order chi connectivity index (χ0) is 73.3. The maximum atomic E-state index is 14.6. The van der Waals surface area contributed by atoms with Gasteiger partial charge in [-0.3, -0.25) is 18.2 Å². The van der Waals surface area contributed by atoms with Crippen molar-refractivity contribution in [1.29, 1.82) is 0 Å². The maximum Gasteiger partial charge on any atom is 0.255 e. The Morgan fingerprint density at radius 1 is 0.606 bits per heavy atom. The van der Waals surface area contributed by atoms with E-state index in [1.807, 2.05) is 0 Å². The van der Waals surface area contributed by atoms with Crippen molar-refractivity contribution < 1.29 is 81.0 Å². The molecule has 24 nitrogen and oxygen atoms in total. The van der Waals surface area contributed by atoms with Gasteiger partial charge in [0, 0.05) is 84.0 Å². The van der Waals surface area contributed by atoms with E-state index >= 15 is 0 Å². The number of nitrogens with one attached hydrogen (secondary N) is 3. The summed E-state index contributed by atoms with van der Waals surface area (Å²) in [6, 6.07) is 36.0. The molecule has 14 aromatic rings. The molecule has 1 saturated heterocycles. The number of H-pyrrole nitrogens is 1. The molecule has 104 heavy (non-hydrogen) atoms. The number of nitrogens with zero attached hydrogens (tertiary/aromatic N) is 7. The van der Waals surface area contributed by atoms with E-state index in [0.29, 0.717) is 73.4 Å². The number of aromatic amines is 1. The summed E-state index contributed by atoms with van der Waals surface area (Å²) in [7, 11) is -2.09. The predicted octanol–water partition coefficient (Wildman–Crippen LogP) is 13.0. The number of carbonyl (C=O) groups is 2. The molecule has 2 amide bonds. The van der Waals surface area contributed by atoms with Gasteiger partial charge in [0.25, 0.3) is 11.8 Å². The molecule has 1 aliphatic heterocycles. The SMILES string of the molecule is CNC(=O)c1c(-c2ccc(F)cc2)oc2cc(N(CC(O)Cn3ccnc3)S(C)(=O)=O)c(-c3ccc(OC)c(-c4nc5c(F)cccc5o4)c3)cc12.CNC(=O)c1c(-c2ccc(F)cc2)oc2cc(N(CC3CO3)S(C)(=O)=O)c(-c3ccc(OC)c(-c4nc5c(F)cccc5o4)c3)cc12.c1c[nH]cn1. The number of sulfonamides is 2. The molecule has 0 radical (unpaired) electrons. The van der Waals surface area contributed by atoms with Crippen LogP contribution in [0.1, 0.15) is 20.7 Å². The number of aromatic nitrogens is 6. The Bertz CT molecular complexity index is 5750. The Morgan fingerprint density at radius 2 is 1.08 bits per heavy atom. The van der Waals surface area contributed by atoms with Crippen LogP contribution < -0.4 is 28.7 Å². The molecule has 4 N–H and O–H groups in total. The van der Waals surface area contributed by atoms with E-state index in [2.05, 4.69) is 35.6 Å². The van der Waals surface area contributed by atoms with Crippen molar-refractivity contribution in [1.82, 2.24) is 40.1 Å². The number of para-hydroxylation sites is 2. The average Bonchev–Trinajstić information content (AvgIpc) is 1.51. The van der Waals surface area contributed by atoms with Crippen molar-refractivity contribution in [2.45, 2.75) is 18.8 Å². The summed E-state index contributed by atoms with van der Waals surface area (Å²) in [5.41, 5.74) is 4.84. The van der Waals surface area contributed by atoms with Crippen LogP contribution in [0.3, 0.4) is 0 Å². The number of furan rings is 2. The number of aliphatic hydroxyl groups is 1. The average molecular weight is 1460 g/mol. The molecular weight excluding hydrogens is 1390 g/mol. The van der Waals surface area contributed by atoms with E-state index in [-0.39, 0.29) is 105 Å². The zero-order valence-electron chi connectivity index (χ0n) is 56.0. The van der Waals surface area contributed by atoms with E-state index < -0.39 is 61.2 Å². The van der Waals surface area contributed by atoms with Crippen LogP contribution in [0.15, 0.2) is 201 Å². The van der Waals surface area contributed by atoms with Crippen LogP contribution in [0.2, 0.25) is 0 Å². The molecule has 532 valence electrons. The van der Waals surface area contributed by atoms with Gasteiger partial charge in [-0.1, -0.05) is 24.3 Å². The molecule has 0 saturated carbocycles. The number of rotatable bonds is 20. The normalized spacial score (nSPS) is 13.1. The highest BCUT2D eigenvalue weighted by Gasteiger charge is 2.35. The van der Waals surface area contributed by atoms with E-state index in [1.54, 1.807) is 102 Å². The summed E-state index contributed by atoms with van der Waals surface area (Å²) in [6.07, 6.45) is 10.4. The Labute approximate surface area is 590 Å². The van der Waals surface area contributed by atoms with Crippen LogP contribution in [-0.4, -0.2) is 136 Å². The maximum absolute atomic E-state index is 14.6. The molecule has 6 aromatic heterocycles. The van der Waals surface area contributed by atoms with Crippen molar-refractivity contribution in [2.75, 3.05) is 69.1 Å². The predicted molar refractivity (Wildman–Crippen MR) is 381 cm³/mol. The fraction of sp³-hybridized carbons (Fsp3) is 0.162. The minimum atomic E-state index is -4.08. The number of fused-ring (bicyclic) bond motifs is 4. The van der Waals surface area contributed by atoms with Crippen molar-refractivity contribution in [3.8, 4) is 79.3 Å². The second-order valence-corrected chi connectivity index (χ2v) is 27.6. The summed E-state index contributed by atoms with van der Waals surface area (Å²) in [6.45, 7) is 0.122. The summed E-state index contributed by atoms with van der Waals surface area (Å²) >= 11 is 0. The van der Waals surface area contributed by atoms with Crippen molar-refractivity contribution >= 4 is 87.4 Å². The lowest BCUT2D eigenvalue weighted by molar-refractivity contribution is 0.0956. The van der Waals surface area contributed by atoms with Gasteiger partial charge in [-0.2, -0.15) is 0 Å². The molecule has 2 unspecified atom stereocenters. The topological polar surface area (TPSA) is 309 Å². The summed E-state index contributed by atoms with van der Waals surface area (Å²) in [5.74, 6) is -1.87. The van der Waals surface area contributed by atoms with E-state index in [0.717, 1.165) is 16.8 Å². The van der Waals surface area contributed by atoms with Crippen LogP contribution in [0.4, 0.5) is 28.9 Å². The lowest BCUT2D eigenvalue weighted by Crippen LogP contribution is -2.38. The van der Waals surface area contributed by atoms with E-state index in [4.69, 9.17) is 31.9 Å². The molecule has 1 fully saturated rings. The standard InChI is InChI=1S/C37H31F2N5O7S.C34H27F2N3O7S.C3H4N2/c1-40-36(46)33-26-16-25(22-9-12-30(49-2)27(15-22)37-42-34-28(39)5-4-6-31(34)51-37)29(17-32(26)50-35(33)21-7-10-23(38)11-8-21)44(52(3,47)48)19-24(45)18-43-14-13-41-20-43;1-37-33(40)30-23-14-22(19-9-12-27(43-2)24(13-19)34-38-31-25(36)5-4-6-28(31)46-34)26(39(47(3,41)42)16-21-17-44-21)15-29(23)45-32(30)18-7-10-20(35)11-8-18;1-2-5-3-4-1/h4-17,20,24,45H,18-19H2,1-3H3,(H,40,46);4-15,21H,16-17H2,1-3H3,(H,37,40);1-3H,(H,4,5). The minimum Gasteiger partial charge on any atom is -0.496 e. The van der Waals surface area contributed by atoms with Gasteiger partial charge in [0.2, 0.25) is 31.8 Å². The number of benzene rings is 8. The number of methoxy groups -OCH3 is 2. The lowest BCUT2D eigenvalue weighted by atomic mass is 9.96. The van der Waals surface area contributed by atoms with Gasteiger partial charge in [-0.25, -0.2) is 54.3 Å². The first-order valence-electron chi connectivity index (χ1n) is 31.8. The summed E-state index contributed by atoms with van der Waals surface area (Å²) < 4.78 is 155. The van der Waals surface area contributed by atoms with Gasteiger partial charge in [0.05, 0.1) is 111 Å². The number of halogens is 4. The highest BCUT2D eigenvalue weighted by Crippen LogP contribution is 2.47. The molecule has 8 aromatic carbocycles. The number of hydrogen-bond acceptors (Lipinski definition) is 18. The Balaban J connectivity index is 0.000000174. The Morgan fingerprint density at radius 3 is 1.46 bits per heavy atom. The number of ether oxygens (including phenoxy) is 3. The van der Waals surface area contributed by atoms with Gasteiger partial charge in [-0.15, -0.1) is 0 Å². The fourth-order valence-electron chi connectivity index (χ4n) is 11.9. The quantitative estimate of drug-likeness (QED) is 0.0407. The number of amides is 2. The number of carbonyl (C=O) groups excluding carboxylic acids is 2. The summed E-state index contributed by atoms with van der Waals surface area (Å²) in [4.78, 5) is 45.9. The highest BCUT2D eigenvalue weighted by molar-refractivity contribution is 7.92. The third kappa shape index (κ3) is 14.6. The van der Waals surface area contributed by atoms with Crippen LogP contribution >= 0.6 is 0 Å². The van der Waals surface area contributed by atoms with Gasteiger partial charge in [0.1, 0.15) is 56.9 Å². The van der Waals surface area contributed by atoms with E-state index in [1.165, 1.54) is 118 Å². The third-order valence-electron chi connectivity index (χ3n) is 16.8. The lowest BCUT2D eigenvalue weighted by Gasteiger charge is -2.27. The van der Waals surface area contributed by atoms with Gasteiger partial charge in [0.15, 0.2) is 22.8 Å². The monoisotopic (exact) mass is 1450 g/mol. The Kier molecular flexibility index (Phi) is 19.7. The summed E-state index contributed by atoms with van der Waals surface area (Å²) in [5, 5.41) is 17.1. The Hall–Kier alpha value is -12.1. The van der Waals surface area contributed by atoms with Gasteiger partial charge < -0.3 is 57.2 Å². The molecule has 0 bridgehead atoms. The molecule has 7 heterocycles. The number of oxazole rings is 2. The molecule has 15 rings (SSSR count). The zero-order valence-corrected chi connectivity index (χ0v) is 57.6. The number of aliphatic hydroxyl groups excluding tert-OH is 1. The molecular formula is C74H62F4N10O14S2. The number of imidazole rings is 2. The number of hydrogen-bond donors (Lipinski definition) is 4. The smallest absolute Gasteiger partial charge is 0.255 e. The van der Waals surface area contributed by atoms with Crippen molar-refractivity contribution in [3.05, 3.63) is 217 Å². The number of anilines is 2. The first-order valence-corrected chi connectivity index (χ1v) is 35.5. The largest absolute Gasteiger partial charge is 0.496 e. The van der Waals surface area contributed by atoms with Crippen LogP contribution in [-0.2, 0) is 31.3 Å². The van der Waals surface area contributed by atoms with Gasteiger partial charge in [-0.05, 0) is 120 Å².